The Balaban J connectivity index is 2.83. The summed E-state index contributed by atoms with van der Waals surface area (Å²) in [6.07, 6.45) is 0. The maximum atomic E-state index is 11.5. The summed E-state index contributed by atoms with van der Waals surface area (Å²) in [4.78, 5) is 11.5. The topological polar surface area (TPSA) is 54.5 Å². The van der Waals surface area contributed by atoms with Gasteiger partial charge in [-0.3, -0.25) is 4.79 Å². The number of hydrogen-bond acceptors (Lipinski definition) is 3. The van der Waals surface area contributed by atoms with Crippen molar-refractivity contribution in [3.63, 3.8) is 0 Å². The first-order valence-corrected chi connectivity index (χ1v) is 5.11. The number of hydrogen-bond donors (Lipinski definition) is 0. The van der Waals surface area contributed by atoms with Crippen LogP contribution in [0.1, 0.15) is 10.4 Å². The van der Waals surface area contributed by atoms with Crippen molar-refractivity contribution in [2.45, 2.75) is 4.90 Å². The second kappa shape index (κ2) is 2.32. The molecule has 0 N–H and O–H groups in total. The molecule has 1 aromatic carbocycles. The van der Waals surface area contributed by atoms with E-state index in [0.717, 1.165) is 4.31 Å². The van der Waals surface area contributed by atoms with Gasteiger partial charge in [-0.15, -0.1) is 0 Å². The lowest BCUT2D eigenvalue weighted by atomic mass is 10.2. The number of fused-ring (bicyclic) bond motifs is 1. The van der Waals surface area contributed by atoms with Gasteiger partial charge in [0.25, 0.3) is 15.9 Å². The fraction of sp³-hybridized carbons (Fsp3) is 0.125. The van der Waals surface area contributed by atoms with Crippen LogP contribution in [-0.4, -0.2) is 25.7 Å². The third-order valence-electron chi connectivity index (χ3n) is 2.04. The van der Waals surface area contributed by atoms with E-state index < -0.39 is 15.9 Å². The molecule has 1 aromatic rings. The number of carbonyl (C=O) groups excluding carboxylic acids is 1. The Morgan fingerprint density at radius 3 is 2.46 bits per heavy atom. The summed E-state index contributed by atoms with van der Waals surface area (Å²) in [6.45, 7) is 0. The highest BCUT2D eigenvalue weighted by Gasteiger charge is 2.37. The van der Waals surface area contributed by atoms with Gasteiger partial charge in [0, 0.05) is 7.05 Å². The number of amides is 1. The molecule has 1 heterocycles. The van der Waals surface area contributed by atoms with E-state index >= 15 is 0 Å². The third kappa shape index (κ3) is 0.904. The minimum absolute atomic E-state index is 0.0995. The molecule has 1 aliphatic rings. The van der Waals surface area contributed by atoms with E-state index in [-0.39, 0.29) is 10.5 Å². The monoisotopic (exact) mass is 197 g/mol. The summed E-state index contributed by atoms with van der Waals surface area (Å²) in [5.74, 6) is -0.462. The first kappa shape index (κ1) is 8.25. The van der Waals surface area contributed by atoms with Gasteiger partial charge >= 0.3 is 0 Å². The molecule has 0 saturated heterocycles. The van der Waals surface area contributed by atoms with Crippen LogP contribution in [0.4, 0.5) is 0 Å². The molecule has 0 atom stereocenters. The van der Waals surface area contributed by atoms with Crippen LogP contribution >= 0.6 is 0 Å². The molecule has 1 amide bonds. The number of rotatable bonds is 0. The summed E-state index contributed by atoms with van der Waals surface area (Å²) in [5, 5.41) is 0. The summed E-state index contributed by atoms with van der Waals surface area (Å²) in [7, 11) is -2.29. The summed E-state index contributed by atoms with van der Waals surface area (Å²) in [5.41, 5.74) is 0.255. The van der Waals surface area contributed by atoms with Crippen molar-refractivity contribution in [3.05, 3.63) is 29.8 Å². The van der Waals surface area contributed by atoms with E-state index in [0.29, 0.717) is 0 Å². The summed E-state index contributed by atoms with van der Waals surface area (Å²) >= 11 is 0. The Kier molecular flexibility index (Phi) is 1.47. The van der Waals surface area contributed by atoms with Crippen LogP contribution in [0.3, 0.4) is 0 Å². The maximum absolute atomic E-state index is 11.5. The van der Waals surface area contributed by atoms with Crippen LogP contribution in [0.15, 0.2) is 29.2 Å². The molecule has 0 fully saturated rings. The Bertz CT molecular complexity index is 478. The van der Waals surface area contributed by atoms with Gasteiger partial charge in [0.15, 0.2) is 0 Å². The molecule has 0 saturated carbocycles. The van der Waals surface area contributed by atoms with Crippen molar-refractivity contribution >= 4 is 15.9 Å². The summed E-state index contributed by atoms with van der Waals surface area (Å²) in [6, 6.07) is 6.19. The average Bonchev–Trinajstić information content (AvgIpc) is 2.30. The molecule has 0 bridgehead atoms. The van der Waals surface area contributed by atoms with Crippen molar-refractivity contribution in [2.24, 2.45) is 0 Å². The highest BCUT2D eigenvalue weighted by atomic mass is 32.2. The van der Waals surface area contributed by atoms with Gasteiger partial charge in [0.2, 0.25) is 0 Å². The molecule has 2 rings (SSSR count). The lowest BCUT2D eigenvalue weighted by molar-refractivity contribution is 0.0891. The predicted molar refractivity (Wildman–Crippen MR) is 45.7 cm³/mol. The van der Waals surface area contributed by atoms with Crippen LogP contribution < -0.4 is 0 Å². The van der Waals surface area contributed by atoms with Crippen molar-refractivity contribution in [3.8, 4) is 0 Å². The normalized spacial score (nSPS) is 18.8. The van der Waals surface area contributed by atoms with Crippen LogP contribution in [0, 0.1) is 0 Å². The molecule has 0 aliphatic carbocycles. The first-order chi connectivity index (χ1) is 6.05. The first-order valence-electron chi connectivity index (χ1n) is 3.67. The Hall–Kier alpha value is -1.36. The van der Waals surface area contributed by atoms with Gasteiger partial charge in [-0.1, -0.05) is 12.1 Å². The van der Waals surface area contributed by atoms with E-state index in [1.54, 1.807) is 12.1 Å². The minimum atomic E-state index is -3.55. The zero-order valence-corrected chi connectivity index (χ0v) is 7.71. The van der Waals surface area contributed by atoms with Gasteiger partial charge in [-0.05, 0) is 12.1 Å². The molecule has 0 radical (unpaired) electrons. The molecule has 13 heavy (non-hydrogen) atoms. The molecule has 68 valence electrons. The van der Waals surface area contributed by atoms with E-state index in [1.165, 1.54) is 19.2 Å². The van der Waals surface area contributed by atoms with Gasteiger partial charge in [-0.2, -0.15) is 0 Å². The summed E-state index contributed by atoms with van der Waals surface area (Å²) < 4.78 is 23.8. The van der Waals surface area contributed by atoms with Crippen molar-refractivity contribution < 1.29 is 13.2 Å². The second-order valence-corrected chi connectivity index (χ2v) is 4.71. The highest BCUT2D eigenvalue weighted by molar-refractivity contribution is 7.90. The zero-order chi connectivity index (χ0) is 9.64. The number of benzene rings is 1. The SMILES string of the molecule is CN1C(=O)c2ccccc2S1(=O)=O. The fourth-order valence-corrected chi connectivity index (χ4v) is 2.59. The number of nitrogens with zero attached hydrogens (tertiary/aromatic N) is 1. The highest BCUT2D eigenvalue weighted by Crippen LogP contribution is 2.27. The van der Waals surface area contributed by atoms with Crippen molar-refractivity contribution in [1.82, 2.24) is 4.31 Å². The molecule has 0 aromatic heterocycles. The second-order valence-electron chi connectivity index (χ2n) is 2.77. The third-order valence-corrected chi connectivity index (χ3v) is 3.84. The van der Waals surface area contributed by atoms with Crippen molar-refractivity contribution in [2.75, 3.05) is 7.05 Å². The smallest absolute Gasteiger partial charge is 0.268 e. The molecule has 0 unspecified atom stereocenters. The van der Waals surface area contributed by atoms with E-state index in [2.05, 4.69) is 0 Å². The fourth-order valence-electron chi connectivity index (χ4n) is 1.29. The average molecular weight is 197 g/mol. The lowest BCUT2D eigenvalue weighted by Crippen LogP contribution is -2.24. The largest absolute Gasteiger partial charge is 0.268 e. The van der Waals surface area contributed by atoms with Crippen LogP contribution in [0.5, 0.6) is 0 Å². The van der Waals surface area contributed by atoms with Crippen LogP contribution in [0.2, 0.25) is 0 Å². The maximum Gasteiger partial charge on any atom is 0.268 e. The molecule has 4 nitrogen and oxygen atoms in total. The van der Waals surface area contributed by atoms with Gasteiger partial charge in [-0.25, -0.2) is 12.7 Å². The molecule has 0 spiro atoms. The van der Waals surface area contributed by atoms with E-state index in [4.69, 9.17) is 0 Å². The minimum Gasteiger partial charge on any atom is -0.268 e. The van der Waals surface area contributed by atoms with Gasteiger partial charge in [0.05, 0.1) is 5.56 Å². The Morgan fingerprint density at radius 2 is 1.85 bits per heavy atom. The van der Waals surface area contributed by atoms with Crippen LogP contribution in [0.25, 0.3) is 0 Å². The van der Waals surface area contributed by atoms with Gasteiger partial charge in [0.1, 0.15) is 4.90 Å². The quantitative estimate of drug-likeness (QED) is 0.607. The van der Waals surface area contributed by atoms with Gasteiger partial charge < -0.3 is 0 Å². The van der Waals surface area contributed by atoms with E-state index in [9.17, 15) is 13.2 Å². The standard InChI is InChI=1S/C8H7NO3S/c1-9-8(10)6-4-2-3-5-7(6)13(9,11)12/h2-5H,1H3. The van der Waals surface area contributed by atoms with Crippen molar-refractivity contribution in [1.29, 1.82) is 0 Å². The predicted octanol–water partition coefficient (Wildman–Crippen LogP) is 0.461. The molecule has 5 heteroatoms. The van der Waals surface area contributed by atoms with Crippen LogP contribution in [-0.2, 0) is 10.0 Å². The lowest BCUT2D eigenvalue weighted by Gasteiger charge is -2.05. The van der Waals surface area contributed by atoms with E-state index in [1.807, 2.05) is 0 Å². The molecular weight excluding hydrogens is 190 g/mol. The molecular formula is C8H7NO3S. The Morgan fingerprint density at radius 1 is 1.23 bits per heavy atom. The zero-order valence-electron chi connectivity index (χ0n) is 6.89. The molecule has 1 aliphatic heterocycles. The Labute approximate surface area is 75.8 Å². The number of sulfonamides is 1. The number of carbonyl (C=O) groups is 1.